The molecule has 1 aliphatic heterocycles. The molecule has 0 saturated carbocycles. The summed E-state index contributed by atoms with van der Waals surface area (Å²) in [5.74, 6) is 0. The van der Waals surface area contributed by atoms with Crippen molar-refractivity contribution in [3.8, 4) is 0 Å². The number of carbonyl (C=O) groups excluding carboxylic acids is 1. The number of rotatable bonds is 5. The first-order chi connectivity index (χ1) is 17.3. The van der Waals surface area contributed by atoms with Gasteiger partial charge in [0.15, 0.2) is 2.82 Å². The smallest absolute Gasteiger partial charge is 0.407 e. The van der Waals surface area contributed by atoms with Gasteiger partial charge >= 0.3 is 6.09 Å². The van der Waals surface area contributed by atoms with Crippen LogP contribution in [0.1, 0.15) is 33.1 Å². The van der Waals surface area contributed by atoms with Crippen LogP contribution in [0.4, 0.5) is 4.79 Å². The van der Waals surface area contributed by atoms with Crippen LogP contribution >= 0.6 is 0 Å². The van der Waals surface area contributed by atoms with Gasteiger partial charge in [-0.25, -0.2) is 4.79 Å². The fourth-order valence-electron chi connectivity index (χ4n) is 1.70. The molecule has 1 amide bonds. The van der Waals surface area contributed by atoms with Gasteiger partial charge in [-0.2, -0.15) is 0 Å². The van der Waals surface area contributed by atoms with Crippen LogP contribution in [0.25, 0.3) is 10.9 Å². The van der Waals surface area contributed by atoms with Crippen molar-refractivity contribution >= 4 is 17.0 Å². The fraction of sp³-hybridized carbons (Fsp3) is 0.438. The molecule has 1 aromatic carbocycles. The zero-order valence-electron chi connectivity index (χ0n) is 28.4. The van der Waals surface area contributed by atoms with Gasteiger partial charge in [-0.05, 0) is 49.9 Å². The summed E-state index contributed by atoms with van der Waals surface area (Å²) in [5, 5.41) is -0.830. The normalized spacial score (nSPS) is 34.4. The summed E-state index contributed by atoms with van der Waals surface area (Å²) in [4.78, 5) is 11.0. The number of fused-ring (bicyclic) bond motifs is 1. The van der Waals surface area contributed by atoms with Gasteiger partial charge < -0.3 is 19.9 Å². The van der Waals surface area contributed by atoms with Crippen LogP contribution in [0.15, 0.2) is 24.3 Å². The first-order valence-electron chi connectivity index (χ1n) is 14.6. The summed E-state index contributed by atoms with van der Waals surface area (Å²) in [6.45, 7) is -12.2. The Morgan fingerprint density at radius 2 is 2.52 bits per heavy atom. The Hall–Kier alpha value is -2.01. The van der Waals surface area contributed by atoms with E-state index < -0.39 is 103 Å². The van der Waals surface area contributed by atoms with Gasteiger partial charge in [0.05, 0.1) is 11.5 Å². The zero-order valence-corrected chi connectivity index (χ0v) is 10.4. The topological polar surface area (TPSA) is 57.4 Å². The number of nitrogens with zero attached hydrogens (tertiary/aromatic N) is 1. The summed E-state index contributed by atoms with van der Waals surface area (Å²) in [7, 11) is 0. The first kappa shape index (κ1) is 4.04. The molecule has 1 aliphatic rings. The highest BCUT2D eigenvalue weighted by Crippen LogP contribution is 2.21. The number of aromatic amines is 1. The van der Waals surface area contributed by atoms with Crippen molar-refractivity contribution in [1.29, 1.82) is 0 Å². The van der Waals surface area contributed by atoms with Crippen LogP contribution < -0.4 is 5.31 Å². The van der Waals surface area contributed by atoms with Crippen molar-refractivity contribution < 1.29 is 34.3 Å². The molecule has 1 atom stereocenters. The highest BCUT2D eigenvalue weighted by atomic mass is 16.6. The van der Waals surface area contributed by atoms with E-state index in [9.17, 15) is 4.79 Å². The molecule has 21 heavy (non-hydrogen) atoms. The molecule has 0 aliphatic carbocycles. The third kappa shape index (κ3) is 3.19. The van der Waals surface area contributed by atoms with Crippen LogP contribution in [-0.4, -0.2) is 49.1 Å². The molecule has 1 fully saturated rings. The van der Waals surface area contributed by atoms with E-state index in [1.54, 1.807) is 0 Å². The molecule has 1 aromatic heterocycles. The van der Waals surface area contributed by atoms with Gasteiger partial charge in [-0.15, -0.1) is 0 Å². The van der Waals surface area contributed by atoms with E-state index in [4.69, 9.17) is 24.8 Å². The van der Waals surface area contributed by atoms with Crippen molar-refractivity contribution in [2.45, 2.75) is 18.8 Å². The standard InChI is InChI=1S/C16H21N3O2/c1-19(2)6-5-12-9-17-15-4-3-11(8-14(12)15)7-13-10-21-16(20)18-13/h3-4,8-9,13,17H,5-7,10H2,1-2H3,(H,18,20)/t13-/m0/s1/i1D3,2D3,3D,4D,5D2,6D2,7D2,8D,9D/hD2. The fourth-order valence-corrected chi connectivity index (χ4v) is 1.70. The van der Waals surface area contributed by atoms with E-state index in [1.165, 1.54) is 0 Å². The average molecular weight is 305 g/mol. The first-order valence-corrected chi connectivity index (χ1v) is 5.74. The van der Waals surface area contributed by atoms with Gasteiger partial charge in [0.25, 0.3) is 0 Å². The molecule has 5 heteroatoms. The van der Waals surface area contributed by atoms with Crippen LogP contribution in [0, 0.1) is 0 Å². The predicted octanol–water partition coefficient (Wildman–Crippen LogP) is 1.92. The predicted molar refractivity (Wildman–Crippen MR) is 82.5 cm³/mol. The number of benzene rings is 1. The maximum atomic E-state index is 11.7. The molecule has 2 N–H and O–H groups in total. The van der Waals surface area contributed by atoms with Crippen LogP contribution in [0.2, 0.25) is 2.82 Å². The molecular weight excluding hydrogens is 266 g/mol. The number of ether oxygens (including phenoxy) is 1. The monoisotopic (exact) mass is 305 g/mol. The van der Waals surface area contributed by atoms with Crippen molar-refractivity contribution in [2.24, 2.45) is 0 Å². The lowest BCUT2D eigenvalue weighted by Gasteiger charge is -2.09. The molecule has 0 bridgehead atoms. The minimum atomic E-state index is -3.98. The lowest BCUT2D eigenvalue weighted by atomic mass is 10.0. The number of hydrogen-bond acceptors (Lipinski definition) is 3. The Bertz CT molecular complexity index is 1320. The van der Waals surface area contributed by atoms with E-state index >= 15 is 0 Å². The van der Waals surface area contributed by atoms with Gasteiger partial charge in [-0.3, -0.25) is 0 Å². The third-order valence-electron chi connectivity index (χ3n) is 2.55. The molecule has 1 saturated heterocycles. The molecule has 0 spiro atoms. The van der Waals surface area contributed by atoms with Gasteiger partial charge in [-0.1, -0.05) is 6.04 Å². The summed E-state index contributed by atoms with van der Waals surface area (Å²) in [6.07, 6.45) is -9.26. The number of amides is 1. The summed E-state index contributed by atoms with van der Waals surface area (Å²) in [6, 6.07) is -4.89. The molecular formula is C16H21N3O2. The Kier molecular flexibility index (Phi) is 1.11. The van der Waals surface area contributed by atoms with Crippen LogP contribution in [0.3, 0.4) is 0 Å². The maximum Gasteiger partial charge on any atom is 0.407 e. The van der Waals surface area contributed by atoms with E-state index in [2.05, 4.69) is 4.74 Å². The molecule has 112 valence electrons. The molecule has 0 radical (unpaired) electrons. The van der Waals surface area contributed by atoms with Gasteiger partial charge in [0.1, 0.15) is 6.61 Å². The molecule has 5 nitrogen and oxygen atoms in total. The van der Waals surface area contributed by atoms with Crippen molar-refractivity contribution in [3.63, 3.8) is 0 Å². The second-order valence-electron chi connectivity index (χ2n) is 4.01. The Labute approximate surface area is 149 Å². The van der Waals surface area contributed by atoms with Gasteiger partial charge in [0, 0.05) is 40.0 Å². The molecule has 3 rings (SSSR count). The molecule has 2 heterocycles. The third-order valence-corrected chi connectivity index (χ3v) is 2.55. The lowest BCUT2D eigenvalue weighted by Crippen LogP contribution is -2.28. The highest BCUT2D eigenvalue weighted by molar-refractivity contribution is 5.84. The second kappa shape index (κ2) is 5.77. The second-order valence-corrected chi connectivity index (χ2v) is 4.01. The van der Waals surface area contributed by atoms with Gasteiger partial charge in [0.2, 0.25) is 0 Å². The number of cyclic esters (lactones) is 1. The van der Waals surface area contributed by atoms with Crippen molar-refractivity contribution in [1.82, 2.24) is 15.2 Å². The number of hydrogen-bond donors (Lipinski definition) is 2. The summed E-state index contributed by atoms with van der Waals surface area (Å²) >= 11 is 0. The lowest BCUT2D eigenvalue weighted by molar-refractivity contribution is 0.177. The Morgan fingerprint density at radius 3 is 3.29 bits per heavy atom. The van der Waals surface area contributed by atoms with Crippen LogP contribution in [-0.2, 0) is 17.5 Å². The number of likely N-dealkylation sites (N-methyl/N-ethyl adjacent to an activating group) is 1. The largest absolute Gasteiger partial charge is 0.447 e. The van der Waals surface area contributed by atoms with E-state index in [1.807, 2.05) is 0 Å². The van der Waals surface area contributed by atoms with E-state index in [0.29, 0.717) is 0 Å². The molecule has 2 aromatic rings. The SMILES string of the molecule is [2H]c1c(C([2H])([2H])[C@H]2COC(=O)N2[2H])c([2H])c2c(C([2H])([2H])C([2H])([2H])N(C([2H])([2H])[2H])C([2H])([2H])[2H])c([2H])n([2H])c2c1[2H]. The van der Waals surface area contributed by atoms with E-state index in [0.717, 1.165) is 0 Å². The highest BCUT2D eigenvalue weighted by Gasteiger charge is 2.22. The molecule has 0 unspecified atom stereocenters. The number of carbonyl (C=O) groups is 1. The number of aromatic nitrogens is 1. The van der Waals surface area contributed by atoms with Crippen molar-refractivity contribution in [2.75, 3.05) is 27.1 Å². The van der Waals surface area contributed by atoms with Crippen molar-refractivity contribution in [3.05, 3.63) is 35.4 Å². The minimum absolute atomic E-state index is 0.0599. The summed E-state index contributed by atoms with van der Waals surface area (Å²) < 4.78 is 150. The van der Waals surface area contributed by atoms with Crippen LogP contribution in [0.5, 0.6) is 0 Å². The number of nitrogens with one attached hydrogen (secondary N) is 2. The average Bonchev–Trinajstić information content (AvgIpc) is 3.21. The number of alkyl carbamates (subject to hydrolysis) is 1. The quantitative estimate of drug-likeness (QED) is 0.887. The Balaban J connectivity index is 2.45. The summed E-state index contributed by atoms with van der Waals surface area (Å²) in [5.41, 5.74) is -3.03. The Morgan fingerprint density at radius 1 is 1.62 bits per heavy atom. The minimum Gasteiger partial charge on any atom is -0.447 e. The number of H-pyrrole nitrogens is 1. The zero-order chi connectivity index (χ0) is 30.4. The van der Waals surface area contributed by atoms with E-state index in [-0.39, 0.29) is 10.3 Å². The maximum absolute atomic E-state index is 11.7. The number of aryl methyl sites for hydroxylation is 1.